The molecule has 0 bridgehead atoms. The van der Waals surface area contributed by atoms with E-state index in [-0.39, 0.29) is 12.1 Å². The lowest BCUT2D eigenvalue weighted by atomic mass is 9.97. The highest BCUT2D eigenvalue weighted by Crippen LogP contribution is 2.28. The van der Waals surface area contributed by atoms with Crippen LogP contribution in [0.25, 0.3) is 0 Å². The summed E-state index contributed by atoms with van der Waals surface area (Å²) in [6.07, 6.45) is 0.0825. The summed E-state index contributed by atoms with van der Waals surface area (Å²) in [5, 5.41) is 19.8. The van der Waals surface area contributed by atoms with E-state index >= 15 is 0 Å². The van der Waals surface area contributed by atoms with Crippen molar-refractivity contribution in [2.24, 2.45) is 5.73 Å². The number of fused-ring (bicyclic) bond motifs is 1. The van der Waals surface area contributed by atoms with Gasteiger partial charge in [-0.25, -0.2) is 0 Å². The largest absolute Gasteiger partial charge is 0.390 e. The third kappa shape index (κ3) is 1.95. The van der Waals surface area contributed by atoms with E-state index < -0.39 is 12.2 Å². The van der Waals surface area contributed by atoms with Gasteiger partial charge in [-0.1, -0.05) is 24.3 Å². The molecule has 1 heterocycles. The van der Waals surface area contributed by atoms with Crippen molar-refractivity contribution >= 4 is 0 Å². The number of rotatable bonds is 1. The lowest BCUT2D eigenvalue weighted by molar-refractivity contribution is -0.00591. The van der Waals surface area contributed by atoms with Crippen LogP contribution >= 0.6 is 0 Å². The van der Waals surface area contributed by atoms with E-state index in [0.717, 1.165) is 19.5 Å². The van der Waals surface area contributed by atoms with Crippen molar-refractivity contribution in [1.82, 2.24) is 4.90 Å². The van der Waals surface area contributed by atoms with Crippen molar-refractivity contribution < 1.29 is 10.2 Å². The van der Waals surface area contributed by atoms with Crippen LogP contribution in [0, 0.1) is 0 Å². The number of hydrogen-bond acceptors (Lipinski definition) is 4. The number of benzene rings is 1. The van der Waals surface area contributed by atoms with Crippen LogP contribution in [-0.4, -0.2) is 45.9 Å². The second-order valence-electron chi connectivity index (χ2n) is 5.44. The molecule has 0 amide bonds. The fourth-order valence-corrected chi connectivity index (χ4v) is 3.30. The Kier molecular flexibility index (Phi) is 3.11. The second kappa shape index (κ2) is 4.63. The van der Waals surface area contributed by atoms with Crippen molar-refractivity contribution in [1.29, 1.82) is 0 Å². The van der Waals surface area contributed by atoms with Gasteiger partial charge in [-0.05, 0) is 24.0 Å². The molecule has 0 aromatic heterocycles. The van der Waals surface area contributed by atoms with Crippen LogP contribution in [-0.2, 0) is 13.0 Å². The quantitative estimate of drug-likeness (QED) is 0.647. The van der Waals surface area contributed by atoms with Gasteiger partial charge < -0.3 is 15.9 Å². The Morgan fingerprint density at radius 1 is 1.17 bits per heavy atom. The Balaban J connectivity index is 1.80. The van der Waals surface area contributed by atoms with E-state index in [9.17, 15) is 10.2 Å². The van der Waals surface area contributed by atoms with Crippen molar-refractivity contribution in [3.05, 3.63) is 35.4 Å². The Morgan fingerprint density at radius 2 is 1.89 bits per heavy atom. The van der Waals surface area contributed by atoms with E-state index in [1.54, 1.807) is 0 Å². The summed E-state index contributed by atoms with van der Waals surface area (Å²) in [5.41, 5.74) is 8.74. The minimum Gasteiger partial charge on any atom is -0.390 e. The zero-order valence-corrected chi connectivity index (χ0v) is 10.4. The molecule has 0 saturated heterocycles. The van der Waals surface area contributed by atoms with Gasteiger partial charge in [0.1, 0.15) is 0 Å². The summed E-state index contributed by atoms with van der Waals surface area (Å²) >= 11 is 0. The first-order valence-electron chi connectivity index (χ1n) is 6.59. The Bertz CT molecular complexity index is 438. The maximum atomic E-state index is 10.1. The third-order valence-corrected chi connectivity index (χ3v) is 4.28. The molecule has 0 spiro atoms. The fourth-order valence-electron chi connectivity index (χ4n) is 3.30. The maximum absolute atomic E-state index is 10.1. The maximum Gasteiger partial charge on any atom is 0.0969 e. The SMILES string of the molecule is N[C@@H]1C[C@H](O)[C@H](O)[C@H]1N1CCc2ccccc2C1. The average molecular weight is 248 g/mol. The highest BCUT2D eigenvalue weighted by Gasteiger charge is 2.43. The van der Waals surface area contributed by atoms with Crippen LogP contribution in [0.3, 0.4) is 0 Å². The highest BCUT2D eigenvalue weighted by molar-refractivity contribution is 5.29. The summed E-state index contributed by atoms with van der Waals surface area (Å²) in [6.45, 7) is 1.72. The molecule has 4 nitrogen and oxygen atoms in total. The fraction of sp³-hybridized carbons (Fsp3) is 0.571. The molecule has 1 aliphatic heterocycles. The second-order valence-corrected chi connectivity index (χ2v) is 5.44. The van der Waals surface area contributed by atoms with E-state index in [4.69, 9.17) is 5.73 Å². The molecular formula is C14H20N2O2. The van der Waals surface area contributed by atoms with Gasteiger partial charge in [0.2, 0.25) is 0 Å². The smallest absolute Gasteiger partial charge is 0.0969 e. The van der Waals surface area contributed by atoms with Crippen LogP contribution in [0.1, 0.15) is 17.5 Å². The number of hydrogen-bond donors (Lipinski definition) is 3. The molecule has 3 rings (SSSR count). The van der Waals surface area contributed by atoms with Gasteiger partial charge in [0.15, 0.2) is 0 Å². The predicted molar refractivity (Wildman–Crippen MR) is 69.0 cm³/mol. The minimum atomic E-state index is -0.717. The van der Waals surface area contributed by atoms with E-state index in [1.165, 1.54) is 11.1 Å². The average Bonchev–Trinajstić information content (AvgIpc) is 2.63. The van der Waals surface area contributed by atoms with Crippen LogP contribution in [0.15, 0.2) is 24.3 Å². The lowest BCUT2D eigenvalue weighted by Gasteiger charge is -2.37. The predicted octanol–water partition coefficient (Wildman–Crippen LogP) is -0.134. The number of aliphatic hydroxyl groups is 2. The molecule has 0 unspecified atom stereocenters. The van der Waals surface area contributed by atoms with Crippen molar-refractivity contribution in [3.8, 4) is 0 Å². The van der Waals surface area contributed by atoms with Crippen LogP contribution in [0.2, 0.25) is 0 Å². The van der Waals surface area contributed by atoms with Crippen molar-refractivity contribution in [3.63, 3.8) is 0 Å². The molecule has 1 fully saturated rings. The Morgan fingerprint density at radius 3 is 2.56 bits per heavy atom. The van der Waals surface area contributed by atoms with Gasteiger partial charge in [-0.15, -0.1) is 0 Å². The summed E-state index contributed by atoms with van der Waals surface area (Å²) in [5.74, 6) is 0. The van der Waals surface area contributed by atoms with E-state index in [1.807, 2.05) is 6.07 Å². The van der Waals surface area contributed by atoms with Crippen LogP contribution < -0.4 is 5.73 Å². The lowest BCUT2D eigenvalue weighted by Crippen LogP contribution is -2.52. The summed E-state index contributed by atoms with van der Waals surface area (Å²) < 4.78 is 0. The van der Waals surface area contributed by atoms with Gasteiger partial charge >= 0.3 is 0 Å². The van der Waals surface area contributed by atoms with E-state index in [2.05, 4.69) is 23.1 Å². The molecule has 98 valence electrons. The molecule has 1 aliphatic carbocycles. The highest BCUT2D eigenvalue weighted by atomic mass is 16.3. The monoisotopic (exact) mass is 248 g/mol. The van der Waals surface area contributed by atoms with Gasteiger partial charge in [0.05, 0.1) is 18.2 Å². The molecule has 1 aromatic rings. The molecule has 18 heavy (non-hydrogen) atoms. The zero-order chi connectivity index (χ0) is 12.7. The van der Waals surface area contributed by atoms with E-state index in [0.29, 0.717) is 6.42 Å². The molecule has 4 N–H and O–H groups in total. The number of nitrogens with zero attached hydrogens (tertiary/aromatic N) is 1. The number of nitrogens with two attached hydrogens (primary N) is 1. The number of aliphatic hydroxyl groups excluding tert-OH is 2. The first-order valence-corrected chi connectivity index (χ1v) is 6.59. The first kappa shape index (κ1) is 12.1. The zero-order valence-electron chi connectivity index (χ0n) is 10.4. The normalized spacial score (nSPS) is 36.6. The molecule has 4 atom stereocenters. The molecule has 1 aromatic carbocycles. The van der Waals surface area contributed by atoms with Crippen molar-refractivity contribution in [2.75, 3.05) is 6.54 Å². The molecule has 1 saturated carbocycles. The first-order chi connectivity index (χ1) is 8.66. The molecule has 0 radical (unpaired) electrons. The summed E-state index contributed by atoms with van der Waals surface area (Å²) in [6, 6.07) is 8.14. The summed E-state index contributed by atoms with van der Waals surface area (Å²) in [7, 11) is 0. The molecule has 4 heteroatoms. The standard InChI is InChI=1S/C14H20N2O2/c15-11-7-12(17)14(18)13(11)16-6-5-9-3-1-2-4-10(9)8-16/h1-4,11-14,17-18H,5-8,15H2/t11-,12+,13+,14+/m1/s1. The topological polar surface area (TPSA) is 69.7 Å². The van der Waals surface area contributed by atoms with Crippen molar-refractivity contribution in [2.45, 2.75) is 43.7 Å². The molecular weight excluding hydrogens is 228 g/mol. The van der Waals surface area contributed by atoms with Crippen LogP contribution in [0.4, 0.5) is 0 Å². The molecule has 2 aliphatic rings. The van der Waals surface area contributed by atoms with Gasteiger partial charge in [0.25, 0.3) is 0 Å². The van der Waals surface area contributed by atoms with Gasteiger partial charge in [-0.3, -0.25) is 4.90 Å². The Labute approximate surface area is 107 Å². The Hall–Kier alpha value is -0.940. The van der Waals surface area contributed by atoms with Gasteiger partial charge in [0, 0.05) is 19.1 Å². The third-order valence-electron chi connectivity index (χ3n) is 4.28. The summed E-state index contributed by atoms with van der Waals surface area (Å²) in [4.78, 5) is 2.22. The van der Waals surface area contributed by atoms with Crippen LogP contribution in [0.5, 0.6) is 0 Å². The minimum absolute atomic E-state index is 0.117. The van der Waals surface area contributed by atoms with Gasteiger partial charge in [-0.2, -0.15) is 0 Å².